The molecular formula is C21H26FN3O2. The minimum absolute atomic E-state index is 0.00114. The Balaban J connectivity index is 1.49. The molecule has 1 saturated heterocycles. The van der Waals surface area contributed by atoms with Crippen LogP contribution in [0.3, 0.4) is 0 Å². The van der Waals surface area contributed by atoms with Crippen LogP contribution >= 0.6 is 0 Å². The van der Waals surface area contributed by atoms with Crippen LogP contribution in [0.1, 0.15) is 37.4 Å². The first-order chi connectivity index (χ1) is 13.1. The van der Waals surface area contributed by atoms with Gasteiger partial charge in [0, 0.05) is 31.0 Å². The summed E-state index contributed by atoms with van der Waals surface area (Å²) < 4.78 is 13.2. The van der Waals surface area contributed by atoms with Crippen LogP contribution in [-0.4, -0.2) is 30.8 Å². The Labute approximate surface area is 159 Å². The van der Waals surface area contributed by atoms with E-state index in [0.29, 0.717) is 11.3 Å². The SMILES string of the molecule is O=C(NC[C@@H](O)c1cccc(F)c1)Nc1ccc(N2CCCCCC2)cc1. The Morgan fingerprint density at radius 2 is 1.78 bits per heavy atom. The van der Waals surface area contributed by atoms with Crippen molar-refractivity contribution in [2.45, 2.75) is 31.8 Å². The molecule has 0 bridgehead atoms. The van der Waals surface area contributed by atoms with Gasteiger partial charge in [0.1, 0.15) is 5.82 Å². The molecule has 0 spiro atoms. The summed E-state index contributed by atoms with van der Waals surface area (Å²) in [4.78, 5) is 14.4. The lowest BCUT2D eigenvalue weighted by molar-refractivity contribution is 0.174. The van der Waals surface area contributed by atoms with Crippen molar-refractivity contribution in [3.63, 3.8) is 0 Å². The number of amides is 2. The molecule has 3 N–H and O–H groups in total. The van der Waals surface area contributed by atoms with Crippen LogP contribution in [-0.2, 0) is 0 Å². The second-order valence-corrected chi connectivity index (χ2v) is 6.85. The Hall–Kier alpha value is -2.60. The van der Waals surface area contributed by atoms with Gasteiger partial charge in [-0.1, -0.05) is 25.0 Å². The second-order valence-electron chi connectivity index (χ2n) is 6.85. The summed E-state index contributed by atoms with van der Waals surface area (Å²) in [6.45, 7) is 2.15. The van der Waals surface area contributed by atoms with Crippen molar-refractivity contribution in [2.24, 2.45) is 0 Å². The Morgan fingerprint density at radius 3 is 2.44 bits per heavy atom. The van der Waals surface area contributed by atoms with E-state index in [1.165, 1.54) is 49.6 Å². The standard InChI is InChI=1S/C21H26FN3O2/c22-17-7-5-6-16(14-17)20(26)15-23-21(27)24-18-8-10-19(11-9-18)25-12-3-1-2-4-13-25/h5-11,14,20,26H,1-4,12-13,15H2,(H2,23,24,27)/t20-/m1/s1. The maximum absolute atomic E-state index is 13.2. The highest BCUT2D eigenvalue weighted by Crippen LogP contribution is 2.21. The molecule has 1 fully saturated rings. The highest BCUT2D eigenvalue weighted by molar-refractivity contribution is 5.89. The average molecular weight is 371 g/mol. The fraction of sp³-hybridized carbons (Fsp3) is 0.381. The highest BCUT2D eigenvalue weighted by Gasteiger charge is 2.12. The zero-order valence-electron chi connectivity index (χ0n) is 15.3. The lowest BCUT2D eigenvalue weighted by Gasteiger charge is -2.22. The van der Waals surface area contributed by atoms with Gasteiger partial charge < -0.3 is 20.6 Å². The molecule has 1 aliphatic rings. The van der Waals surface area contributed by atoms with Crippen molar-refractivity contribution in [3.8, 4) is 0 Å². The van der Waals surface area contributed by atoms with Gasteiger partial charge in [-0.3, -0.25) is 0 Å². The van der Waals surface area contributed by atoms with Crippen LogP contribution in [0.25, 0.3) is 0 Å². The number of anilines is 2. The molecule has 6 heteroatoms. The molecule has 1 aliphatic heterocycles. The predicted molar refractivity (Wildman–Crippen MR) is 106 cm³/mol. The van der Waals surface area contributed by atoms with E-state index >= 15 is 0 Å². The number of hydrogen-bond acceptors (Lipinski definition) is 3. The van der Waals surface area contributed by atoms with Gasteiger partial charge in [-0.05, 0) is 54.8 Å². The number of hydrogen-bond donors (Lipinski definition) is 3. The zero-order valence-corrected chi connectivity index (χ0v) is 15.3. The van der Waals surface area contributed by atoms with Crippen LogP contribution < -0.4 is 15.5 Å². The minimum atomic E-state index is -0.961. The first-order valence-corrected chi connectivity index (χ1v) is 9.45. The van der Waals surface area contributed by atoms with Crippen molar-refractivity contribution in [1.29, 1.82) is 0 Å². The van der Waals surface area contributed by atoms with Gasteiger partial charge in [0.2, 0.25) is 0 Å². The summed E-state index contributed by atoms with van der Waals surface area (Å²) >= 11 is 0. The Bertz CT molecular complexity index is 743. The van der Waals surface area contributed by atoms with E-state index in [-0.39, 0.29) is 6.54 Å². The van der Waals surface area contributed by atoms with E-state index in [2.05, 4.69) is 15.5 Å². The predicted octanol–water partition coefficient (Wildman–Crippen LogP) is 4.06. The molecule has 0 aromatic heterocycles. The molecular weight excluding hydrogens is 345 g/mol. The molecule has 2 aromatic rings. The van der Waals surface area contributed by atoms with Gasteiger partial charge in [-0.15, -0.1) is 0 Å². The first-order valence-electron chi connectivity index (χ1n) is 9.45. The molecule has 1 atom stereocenters. The van der Waals surface area contributed by atoms with Gasteiger partial charge in [0.05, 0.1) is 6.10 Å². The van der Waals surface area contributed by atoms with E-state index in [4.69, 9.17) is 0 Å². The van der Waals surface area contributed by atoms with Crippen molar-refractivity contribution in [3.05, 3.63) is 59.9 Å². The number of urea groups is 1. The number of nitrogens with one attached hydrogen (secondary N) is 2. The molecule has 2 aromatic carbocycles. The number of nitrogens with zero attached hydrogens (tertiary/aromatic N) is 1. The van der Waals surface area contributed by atoms with Crippen LogP contribution in [0.5, 0.6) is 0 Å². The molecule has 2 amide bonds. The third-order valence-corrected chi connectivity index (χ3v) is 4.79. The molecule has 5 nitrogen and oxygen atoms in total. The lowest BCUT2D eigenvalue weighted by Crippen LogP contribution is -2.32. The lowest BCUT2D eigenvalue weighted by atomic mass is 10.1. The van der Waals surface area contributed by atoms with E-state index in [1.54, 1.807) is 6.07 Å². The Kier molecular flexibility index (Phi) is 6.65. The summed E-state index contributed by atoms with van der Waals surface area (Å²) in [5.74, 6) is -0.416. The van der Waals surface area contributed by atoms with Crippen LogP contribution in [0.2, 0.25) is 0 Å². The van der Waals surface area contributed by atoms with Crippen molar-refractivity contribution in [2.75, 3.05) is 29.9 Å². The molecule has 3 rings (SSSR count). The Morgan fingerprint density at radius 1 is 1.07 bits per heavy atom. The molecule has 0 radical (unpaired) electrons. The maximum atomic E-state index is 13.2. The van der Waals surface area contributed by atoms with Gasteiger partial charge in [0.25, 0.3) is 0 Å². The molecule has 0 unspecified atom stereocenters. The molecule has 27 heavy (non-hydrogen) atoms. The number of carbonyl (C=O) groups excluding carboxylic acids is 1. The first kappa shape index (κ1) is 19.2. The number of aliphatic hydroxyl groups excluding tert-OH is 1. The van der Waals surface area contributed by atoms with Gasteiger partial charge in [0.15, 0.2) is 0 Å². The molecule has 144 valence electrons. The second kappa shape index (κ2) is 9.37. The molecule has 0 saturated carbocycles. The van der Waals surface area contributed by atoms with E-state index in [9.17, 15) is 14.3 Å². The van der Waals surface area contributed by atoms with Crippen LogP contribution in [0.4, 0.5) is 20.6 Å². The maximum Gasteiger partial charge on any atom is 0.319 e. The average Bonchev–Trinajstić information content (AvgIpc) is 2.96. The topological polar surface area (TPSA) is 64.6 Å². The highest BCUT2D eigenvalue weighted by atomic mass is 19.1. The third kappa shape index (κ3) is 5.69. The fourth-order valence-electron chi connectivity index (χ4n) is 3.28. The number of benzene rings is 2. The minimum Gasteiger partial charge on any atom is -0.387 e. The number of carbonyl (C=O) groups is 1. The molecule has 0 aliphatic carbocycles. The van der Waals surface area contributed by atoms with Crippen LogP contribution in [0.15, 0.2) is 48.5 Å². The summed E-state index contributed by atoms with van der Waals surface area (Å²) in [6, 6.07) is 13.1. The fourth-order valence-corrected chi connectivity index (χ4v) is 3.28. The van der Waals surface area contributed by atoms with Crippen LogP contribution in [0, 0.1) is 5.82 Å². The normalized spacial score (nSPS) is 15.7. The summed E-state index contributed by atoms with van der Waals surface area (Å²) in [5.41, 5.74) is 2.29. The largest absolute Gasteiger partial charge is 0.387 e. The quantitative estimate of drug-likeness (QED) is 0.743. The smallest absolute Gasteiger partial charge is 0.319 e. The van der Waals surface area contributed by atoms with E-state index in [0.717, 1.165) is 13.1 Å². The molecule has 1 heterocycles. The van der Waals surface area contributed by atoms with Gasteiger partial charge in [-0.25, -0.2) is 9.18 Å². The van der Waals surface area contributed by atoms with E-state index < -0.39 is 18.0 Å². The van der Waals surface area contributed by atoms with Crippen molar-refractivity contribution in [1.82, 2.24) is 5.32 Å². The zero-order chi connectivity index (χ0) is 19.1. The van der Waals surface area contributed by atoms with Crippen molar-refractivity contribution < 1.29 is 14.3 Å². The number of halogens is 1. The van der Waals surface area contributed by atoms with Gasteiger partial charge in [-0.2, -0.15) is 0 Å². The number of aliphatic hydroxyl groups is 1. The third-order valence-electron chi connectivity index (χ3n) is 4.79. The summed E-state index contributed by atoms with van der Waals surface area (Å²) in [5, 5.41) is 15.4. The monoisotopic (exact) mass is 371 g/mol. The number of rotatable bonds is 5. The summed E-state index contributed by atoms with van der Waals surface area (Å²) in [7, 11) is 0. The van der Waals surface area contributed by atoms with Crippen molar-refractivity contribution >= 4 is 17.4 Å². The van der Waals surface area contributed by atoms with Gasteiger partial charge >= 0.3 is 6.03 Å². The summed E-state index contributed by atoms with van der Waals surface area (Å²) in [6.07, 6.45) is 4.05. The van der Waals surface area contributed by atoms with E-state index in [1.807, 2.05) is 24.3 Å².